The minimum atomic E-state index is -0.666. The Balaban J connectivity index is 1.64. The maximum atomic E-state index is 10.7. The largest absolute Gasteiger partial charge is 0.481 e. The van der Waals surface area contributed by atoms with E-state index in [1.165, 1.54) is 12.8 Å². The summed E-state index contributed by atoms with van der Waals surface area (Å²) in [6.07, 6.45) is 7.66. The van der Waals surface area contributed by atoms with Crippen molar-refractivity contribution in [3.8, 4) is 0 Å². The van der Waals surface area contributed by atoms with Gasteiger partial charge in [0.15, 0.2) is 0 Å². The average molecular weight is 241 g/mol. The molecule has 1 N–H and O–H groups in total. The molecule has 0 aliphatic carbocycles. The van der Waals surface area contributed by atoms with Crippen LogP contribution in [0, 0.1) is 0 Å². The van der Waals surface area contributed by atoms with Gasteiger partial charge in [-0.2, -0.15) is 0 Å². The van der Waals surface area contributed by atoms with Crippen LogP contribution in [0.5, 0.6) is 0 Å². The Morgan fingerprint density at radius 1 is 1.35 bits per heavy atom. The standard InChI is InChI=1S/C13H23NO3/c15-13(16)10-11-4-1-7-14(11)8-2-5-12-6-3-9-17-12/h11-12H,1-10H2,(H,15,16). The van der Waals surface area contributed by atoms with Crippen molar-refractivity contribution in [2.75, 3.05) is 19.7 Å². The summed E-state index contributed by atoms with van der Waals surface area (Å²) in [4.78, 5) is 13.1. The molecule has 4 nitrogen and oxygen atoms in total. The lowest BCUT2D eigenvalue weighted by molar-refractivity contribution is -0.138. The molecule has 2 atom stereocenters. The number of rotatable bonds is 6. The van der Waals surface area contributed by atoms with Crippen molar-refractivity contribution in [1.29, 1.82) is 0 Å². The van der Waals surface area contributed by atoms with E-state index in [9.17, 15) is 4.79 Å². The van der Waals surface area contributed by atoms with Crippen LogP contribution in [0.15, 0.2) is 0 Å². The summed E-state index contributed by atoms with van der Waals surface area (Å²) in [5.74, 6) is -0.666. The Morgan fingerprint density at radius 2 is 2.24 bits per heavy atom. The van der Waals surface area contributed by atoms with Gasteiger partial charge in [-0.1, -0.05) is 0 Å². The number of carbonyl (C=O) groups is 1. The van der Waals surface area contributed by atoms with Crippen molar-refractivity contribution in [3.63, 3.8) is 0 Å². The third kappa shape index (κ3) is 3.96. The Morgan fingerprint density at radius 3 is 2.94 bits per heavy atom. The zero-order chi connectivity index (χ0) is 12.1. The van der Waals surface area contributed by atoms with E-state index in [2.05, 4.69) is 4.90 Å². The van der Waals surface area contributed by atoms with E-state index < -0.39 is 5.97 Å². The molecule has 0 aromatic rings. The van der Waals surface area contributed by atoms with E-state index in [0.717, 1.165) is 45.4 Å². The summed E-state index contributed by atoms with van der Waals surface area (Å²) in [5.41, 5.74) is 0. The molecule has 98 valence electrons. The zero-order valence-electron chi connectivity index (χ0n) is 10.4. The molecule has 0 aromatic heterocycles. The highest BCUT2D eigenvalue weighted by Crippen LogP contribution is 2.22. The second-order valence-electron chi connectivity index (χ2n) is 5.21. The lowest BCUT2D eigenvalue weighted by Crippen LogP contribution is -2.32. The third-order valence-corrected chi connectivity index (χ3v) is 3.90. The number of aliphatic carboxylic acids is 1. The van der Waals surface area contributed by atoms with Crippen molar-refractivity contribution in [2.45, 2.75) is 57.1 Å². The van der Waals surface area contributed by atoms with Gasteiger partial charge >= 0.3 is 5.97 Å². The molecule has 4 heteroatoms. The van der Waals surface area contributed by atoms with Crippen LogP contribution in [-0.4, -0.2) is 47.8 Å². The Bertz CT molecular complexity index is 251. The fraction of sp³-hybridized carbons (Fsp3) is 0.923. The topological polar surface area (TPSA) is 49.8 Å². The first-order chi connectivity index (χ1) is 8.25. The molecule has 17 heavy (non-hydrogen) atoms. The first-order valence-corrected chi connectivity index (χ1v) is 6.83. The number of hydrogen-bond donors (Lipinski definition) is 1. The van der Waals surface area contributed by atoms with Crippen LogP contribution in [0.25, 0.3) is 0 Å². The SMILES string of the molecule is O=C(O)CC1CCCN1CCCC1CCCO1. The molecular weight excluding hydrogens is 218 g/mol. The molecule has 0 spiro atoms. The second-order valence-corrected chi connectivity index (χ2v) is 5.21. The van der Waals surface area contributed by atoms with Crippen molar-refractivity contribution in [1.82, 2.24) is 4.90 Å². The van der Waals surface area contributed by atoms with Gasteiger partial charge in [-0.3, -0.25) is 9.69 Å². The van der Waals surface area contributed by atoms with Crippen LogP contribution in [0.3, 0.4) is 0 Å². The second kappa shape index (κ2) is 6.36. The van der Waals surface area contributed by atoms with Gasteiger partial charge in [-0.25, -0.2) is 0 Å². The van der Waals surface area contributed by atoms with Gasteiger partial charge in [0.1, 0.15) is 0 Å². The van der Waals surface area contributed by atoms with Gasteiger partial charge in [-0.05, 0) is 51.6 Å². The van der Waals surface area contributed by atoms with Crippen LogP contribution >= 0.6 is 0 Å². The monoisotopic (exact) mass is 241 g/mol. The quantitative estimate of drug-likeness (QED) is 0.771. The summed E-state index contributed by atoms with van der Waals surface area (Å²) in [5, 5.41) is 8.84. The molecule has 2 aliphatic rings. The maximum absolute atomic E-state index is 10.7. The number of likely N-dealkylation sites (tertiary alicyclic amines) is 1. The number of carboxylic acids is 1. The van der Waals surface area contributed by atoms with E-state index in [1.54, 1.807) is 0 Å². The molecule has 2 unspecified atom stereocenters. The van der Waals surface area contributed by atoms with Crippen molar-refractivity contribution >= 4 is 5.97 Å². The number of carboxylic acid groups (broad SMARTS) is 1. The molecule has 0 saturated carbocycles. The van der Waals surface area contributed by atoms with Gasteiger partial charge in [-0.15, -0.1) is 0 Å². The van der Waals surface area contributed by atoms with Gasteiger partial charge in [0.05, 0.1) is 12.5 Å². The van der Waals surface area contributed by atoms with Crippen LogP contribution in [0.4, 0.5) is 0 Å². The highest BCUT2D eigenvalue weighted by atomic mass is 16.5. The Labute approximate surface area is 103 Å². The summed E-state index contributed by atoms with van der Waals surface area (Å²) >= 11 is 0. The third-order valence-electron chi connectivity index (χ3n) is 3.90. The number of hydrogen-bond acceptors (Lipinski definition) is 3. The summed E-state index contributed by atoms with van der Waals surface area (Å²) < 4.78 is 5.60. The van der Waals surface area contributed by atoms with Gasteiger partial charge in [0.2, 0.25) is 0 Å². The molecule has 2 heterocycles. The van der Waals surface area contributed by atoms with Crippen molar-refractivity contribution in [2.24, 2.45) is 0 Å². The minimum Gasteiger partial charge on any atom is -0.481 e. The molecule has 2 rings (SSSR count). The molecule has 0 amide bonds. The molecule has 2 saturated heterocycles. The summed E-state index contributed by atoms with van der Waals surface area (Å²) in [6, 6.07) is 0.275. The zero-order valence-corrected chi connectivity index (χ0v) is 10.4. The molecule has 2 aliphatic heterocycles. The summed E-state index contributed by atoms with van der Waals surface area (Å²) in [6.45, 7) is 3.04. The predicted octanol–water partition coefficient (Wildman–Crippen LogP) is 1.88. The summed E-state index contributed by atoms with van der Waals surface area (Å²) in [7, 11) is 0. The Hall–Kier alpha value is -0.610. The van der Waals surface area contributed by atoms with E-state index in [0.29, 0.717) is 12.5 Å². The van der Waals surface area contributed by atoms with Crippen LogP contribution < -0.4 is 0 Å². The van der Waals surface area contributed by atoms with E-state index in [-0.39, 0.29) is 6.04 Å². The van der Waals surface area contributed by atoms with Crippen molar-refractivity contribution in [3.05, 3.63) is 0 Å². The number of ether oxygens (including phenoxy) is 1. The van der Waals surface area contributed by atoms with Gasteiger partial charge < -0.3 is 9.84 Å². The average Bonchev–Trinajstić information content (AvgIpc) is 2.90. The predicted molar refractivity (Wildman–Crippen MR) is 65.1 cm³/mol. The van der Waals surface area contributed by atoms with Crippen LogP contribution in [0.2, 0.25) is 0 Å². The van der Waals surface area contributed by atoms with E-state index in [4.69, 9.17) is 9.84 Å². The van der Waals surface area contributed by atoms with E-state index >= 15 is 0 Å². The first kappa shape index (κ1) is 12.8. The highest BCUT2D eigenvalue weighted by molar-refractivity contribution is 5.67. The maximum Gasteiger partial charge on any atom is 0.304 e. The fourth-order valence-electron chi connectivity index (χ4n) is 3.02. The fourth-order valence-corrected chi connectivity index (χ4v) is 3.02. The lowest BCUT2D eigenvalue weighted by Gasteiger charge is -2.23. The molecular formula is C13H23NO3. The van der Waals surface area contributed by atoms with Gasteiger partial charge in [0, 0.05) is 12.6 Å². The lowest BCUT2D eigenvalue weighted by atomic mass is 10.1. The highest BCUT2D eigenvalue weighted by Gasteiger charge is 2.26. The smallest absolute Gasteiger partial charge is 0.304 e. The normalized spacial score (nSPS) is 29.9. The van der Waals surface area contributed by atoms with Crippen LogP contribution in [0.1, 0.15) is 44.9 Å². The van der Waals surface area contributed by atoms with Gasteiger partial charge in [0.25, 0.3) is 0 Å². The number of nitrogens with zero attached hydrogens (tertiary/aromatic N) is 1. The first-order valence-electron chi connectivity index (χ1n) is 6.83. The minimum absolute atomic E-state index is 0.275. The van der Waals surface area contributed by atoms with Crippen LogP contribution in [-0.2, 0) is 9.53 Å². The Kier molecular flexibility index (Phi) is 4.80. The molecule has 2 fully saturated rings. The molecule has 0 radical (unpaired) electrons. The molecule has 0 aromatic carbocycles. The van der Waals surface area contributed by atoms with E-state index in [1.807, 2.05) is 0 Å². The molecule has 0 bridgehead atoms. The van der Waals surface area contributed by atoms with Crippen molar-refractivity contribution < 1.29 is 14.6 Å².